The highest BCUT2D eigenvalue weighted by atomic mass is 32.2. The van der Waals surface area contributed by atoms with Gasteiger partial charge in [-0.05, 0) is 13.0 Å². The number of pyridine rings is 1. The molecule has 0 spiro atoms. The Hall–Kier alpha value is -3.42. The van der Waals surface area contributed by atoms with E-state index in [-0.39, 0.29) is 35.4 Å². The number of aliphatic hydroxyl groups excluding tert-OH is 1. The van der Waals surface area contributed by atoms with Crippen molar-refractivity contribution in [1.29, 1.82) is 0 Å². The Morgan fingerprint density at radius 3 is 2.73 bits per heavy atom. The van der Waals surface area contributed by atoms with Crippen molar-refractivity contribution in [2.75, 3.05) is 12.0 Å². The topological polar surface area (TPSA) is 153 Å². The minimum absolute atomic E-state index is 0.0667. The molecule has 5 heterocycles. The predicted octanol–water partition coefficient (Wildman–Crippen LogP) is -0.723. The zero-order chi connectivity index (χ0) is 26.8. The van der Waals surface area contributed by atoms with Crippen LogP contribution in [0.2, 0.25) is 0 Å². The van der Waals surface area contributed by atoms with Gasteiger partial charge in [0.1, 0.15) is 22.6 Å². The van der Waals surface area contributed by atoms with Gasteiger partial charge in [0.05, 0.1) is 40.2 Å². The molecule has 1 saturated heterocycles. The Bertz CT molecular complexity index is 1600. The number of carboxylic acid groups (broad SMARTS) is 1. The lowest BCUT2D eigenvalue weighted by molar-refractivity contribution is -0.692. The van der Waals surface area contributed by atoms with Crippen LogP contribution < -0.4 is 9.67 Å². The van der Waals surface area contributed by atoms with Crippen LogP contribution in [-0.2, 0) is 26.0 Å². The van der Waals surface area contributed by atoms with Crippen molar-refractivity contribution < 1.29 is 37.6 Å². The number of β-lactam (4-membered cyclic amide) rings is 1. The van der Waals surface area contributed by atoms with Crippen LogP contribution in [0.4, 0.5) is 0 Å². The maximum absolute atomic E-state index is 13.3. The summed E-state index contributed by atoms with van der Waals surface area (Å²) in [5, 5.41) is 22.1. The highest BCUT2D eigenvalue weighted by Gasteiger charge is 2.58. The Morgan fingerprint density at radius 2 is 2.08 bits per heavy atom. The number of sulfone groups is 1. The Kier molecular flexibility index (Phi) is 6.04. The molecule has 0 bridgehead atoms. The molecule has 13 heteroatoms. The van der Waals surface area contributed by atoms with Crippen molar-refractivity contribution in [2.45, 2.75) is 32.5 Å². The van der Waals surface area contributed by atoms with Crippen molar-refractivity contribution >= 4 is 49.2 Å². The second-order valence-corrected chi connectivity index (χ2v) is 12.8. The van der Waals surface area contributed by atoms with Crippen LogP contribution in [0.1, 0.15) is 34.8 Å². The number of aliphatic carboxylic acids is 1. The van der Waals surface area contributed by atoms with Crippen LogP contribution in [0, 0.1) is 11.8 Å². The van der Waals surface area contributed by atoms with Gasteiger partial charge in [-0.25, -0.2) is 18.0 Å². The molecular formula is C24H24N4O7S2. The maximum Gasteiger partial charge on any atom is 0.235 e. The first-order valence-corrected chi connectivity index (χ1v) is 14.4. The fraction of sp³-hybridized carbons (Fsp3) is 0.375. The van der Waals surface area contributed by atoms with E-state index in [4.69, 9.17) is 0 Å². The third-order valence-corrected chi connectivity index (χ3v) is 8.96. The molecular weight excluding hydrogens is 520 g/mol. The van der Waals surface area contributed by atoms with Gasteiger partial charge in [-0.3, -0.25) is 14.0 Å². The van der Waals surface area contributed by atoms with Crippen molar-refractivity contribution in [2.24, 2.45) is 11.8 Å². The highest BCUT2D eigenvalue weighted by Crippen LogP contribution is 2.51. The number of aryl methyl sites for hydroxylation is 1. The summed E-state index contributed by atoms with van der Waals surface area (Å²) < 4.78 is 26.3. The zero-order valence-corrected chi connectivity index (χ0v) is 21.8. The fourth-order valence-electron chi connectivity index (χ4n) is 5.17. The molecule has 4 atom stereocenters. The average Bonchev–Trinajstić information content (AvgIpc) is 3.46. The van der Waals surface area contributed by atoms with Gasteiger partial charge in [0, 0.05) is 30.0 Å². The summed E-state index contributed by atoms with van der Waals surface area (Å²) in [7, 11) is -3.17. The van der Waals surface area contributed by atoms with E-state index in [9.17, 15) is 33.0 Å². The zero-order valence-electron chi connectivity index (χ0n) is 20.2. The van der Waals surface area contributed by atoms with Gasteiger partial charge in [-0.15, -0.1) is 11.3 Å². The number of amides is 1. The van der Waals surface area contributed by atoms with Crippen LogP contribution in [0.3, 0.4) is 0 Å². The van der Waals surface area contributed by atoms with Crippen LogP contribution in [0.5, 0.6) is 0 Å². The SMILES string of the molecule is C[C@@H](O)[C@H]1C(=O)N2C(C(=O)[O-])=C(c3cn4cnc(C(=O)c5ccc[n+](CCS(C)(=O)=O)c5)c4s3)[C@H](C)[C@H]12. The van der Waals surface area contributed by atoms with Gasteiger partial charge >= 0.3 is 0 Å². The standard InChI is InChI=1S/C24H24N4O7S2/c1-12-16(20(24(32)33)28-19(12)17(13(2)29)22(28)31)15-10-27-11-25-18(23(27)36-15)21(30)14-5-4-6-26(9-14)7-8-37(3,34)35/h4-6,9-13,17,19,29H,7-8H2,1-3H3/t12-,13+,17+,19+/m0/s1. The van der Waals surface area contributed by atoms with E-state index in [1.807, 2.05) is 6.92 Å². The molecule has 2 aliphatic rings. The van der Waals surface area contributed by atoms with E-state index >= 15 is 0 Å². The quantitative estimate of drug-likeness (QED) is 0.221. The summed E-state index contributed by atoms with van der Waals surface area (Å²) in [6, 6.07) is 2.78. The normalized spacial score (nSPS) is 22.3. The third-order valence-electron chi connectivity index (χ3n) is 6.90. The first kappa shape index (κ1) is 25.2. The highest BCUT2D eigenvalue weighted by molar-refractivity contribution is 7.90. The number of aromatic nitrogens is 3. The van der Waals surface area contributed by atoms with E-state index in [2.05, 4.69) is 4.98 Å². The minimum Gasteiger partial charge on any atom is -0.543 e. The molecule has 194 valence electrons. The molecule has 11 nitrogen and oxygen atoms in total. The minimum atomic E-state index is -3.17. The molecule has 1 amide bonds. The van der Waals surface area contributed by atoms with Gasteiger partial charge in [0.2, 0.25) is 11.7 Å². The molecule has 0 radical (unpaired) electrons. The maximum atomic E-state index is 13.3. The molecule has 0 aromatic carbocycles. The van der Waals surface area contributed by atoms with Gasteiger partial charge in [0.25, 0.3) is 0 Å². The molecule has 3 aromatic heterocycles. The van der Waals surface area contributed by atoms with Gasteiger partial charge in [0.15, 0.2) is 28.8 Å². The van der Waals surface area contributed by atoms with E-state index in [0.717, 1.165) is 6.26 Å². The van der Waals surface area contributed by atoms with Crippen LogP contribution in [0.15, 0.2) is 42.7 Å². The van der Waals surface area contributed by atoms with Gasteiger partial charge in [-0.1, -0.05) is 6.92 Å². The lowest BCUT2D eigenvalue weighted by atomic mass is 9.77. The molecule has 1 N–H and O–H groups in total. The monoisotopic (exact) mass is 544 g/mol. The number of carboxylic acids is 1. The number of aliphatic hydroxyl groups is 1. The van der Waals surface area contributed by atoms with E-state index in [1.54, 1.807) is 39.7 Å². The first-order chi connectivity index (χ1) is 17.4. The van der Waals surface area contributed by atoms with Gasteiger partial charge in [-0.2, -0.15) is 0 Å². The van der Waals surface area contributed by atoms with Crippen LogP contribution >= 0.6 is 11.3 Å². The summed E-state index contributed by atoms with van der Waals surface area (Å²) in [6.07, 6.45) is 6.60. The van der Waals surface area contributed by atoms with E-state index in [1.165, 1.54) is 29.5 Å². The van der Waals surface area contributed by atoms with Gasteiger partial charge < -0.3 is 19.9 Å². The fourth-order valence-corrected chi connectivity index (χ4v) is 6.92. The van der Waals surface area contributed by atoms with Crippen LogP contribution in [0.25, 0.3) is 10.4 Å². The number of carbonyl (C=O) groups excluding carboxylic acids is 3. The van der Waals surface area contributed by atoms with Crippen molar-refractivity contribution in [3.05, 3.63) is 58.9 Å². The Balaban J connectivity index is 1.50. The smallest absolute Gasteiger partial charge is 0.235 e. The molecule has 2 aliphatic heterocycles. The molecule has 0 unspecified atom stereocenters. The number of carbonyl (C=O) groups is 3. The number of rotatable bonds is 8. The summed E-state index contributed by atoms with van der Waals surface area (Å²) in [5.41, 5.74) is 0.705. The number of fused-ring (bicyclic) bond motifs is 2. The molecule has 0 saturated carbocycles. The van der Waals surface area contributed by atoms with Crippen molar-refractivity contribution in [3.63, 3.8) is 0 Å². The second kappa shape index (κ2) is 8.85. The number of ketones is 1. The number of nitrogens with zero attached hydrogens (tertiary/aromatic N) is 4. The average molecular weight is 545 g/mol. The number of hydrogen-bond acceptors (Lipinski definition) is 9. The molecule has 37 heavy (non-hydrogen) atoms. The number of thiazole rings is 1. The van der Waals surface area contributed by atoms with Crippen molar-refractivity contribution in [3.8, 4) is 0 Å². The predicted molar refractivity (Wildman–Crippen MR) is 130 cm³/mol. The summed E-state index contributed by atoms with van der Waals surface area (Å²) >= 11 is 1.18. The van der Waals surface area contributed by atoms with E-state index < -0.39 is 39.8 Å². The summed E-state index contributed by atoms with van der Waals surface area (Å²) in [6.45, 7) is 3.52. The Morgan fingerprint density at radius 1 is 1.35 bits per heavy atom. The number of hydrogen-bond donors (Lipinski definition) is 1. The third kappa shape index (κ3) is 4.16. The molecule has 5 rings (SSSR count). The number of imidazole rings is 1. The molecule has 1 fully saturated rings. The lowest BCUT2D eigenvalue weighted by Crippen LogP contribution is -2.64. The van der Waals surface area contributed by atoms with Crippen LogP contribution in [-0.4, -0.2) is 69.6 Å². The second-order valence-electron chi connectivity index (χ2n) is 9.49. The molecule has 0 aliphatic carbocycles. The summed E-state index contributed by atoms with van der Waals surface area (Å²) in [5.74, 6) is -3.43. The summed E-state index contributed by atoms with van der Waals surface area (Å²) in [4.78, 5) is 44.5. The largest absolute Gasteiger partial charge is 0.543 e. The van der Waals surface area contributed by atoms with E-state index in [0.29, 0.717) is 20.8 Å². The first-order valence-electron chi connectivity index (χ1n) is 11.5. The Labute approximate surface area is 216 Å². The lowest BCUT2D eigenvalue weighted by Gasteiger charge is -2.47. The molecule has 3 aromatic rings. The van der Waals surface area contributed by atoms with Crippen molar-refractivity contribution in [1.82, 2.24) is 14.3 Å².